The molecule has 14 heavy (non-hydrogen) atoms. The molecular weight excluding hydrogens is 235 g/mol. The molecule has 1 nitrogen and oxygen atoms in total. The zero-order valence-electron chi connectivity index (χ0n) is 9.37. The second-order valence-electron chi connectivity index (χ2n) is 3.71. The molecule has 0 unspecified atom stereocenters. The van der Waals surface area contributed by atoms with Crippen LogP contribution in [0.3, 0.4) is 0 Å². The number of rotatable bonds is 8. The van der Waals surface area contributed by atoms with E-state index in [0.717, 1.165) is 25.2 Å². The summed E-state index contributed by atoms with van der Waals surface area (Å²) in [7, 11) is 0. The minimum Gasteiger partial charge on any atom is -0.365 e. The van der Waals surface area contributed by atoms with Crippen molar-refractivity contribution in [2.45, 2.75) is 52.4 Å². The highest BCUT2D eigenvalue weighted by molar-refractivity contribution is 8.11. The Morgan fingerprint density at radius 1 is 0.929 bits per heavy atom. The molecule has 4 heteroatoms. The van der Waals surface area contributed by atoms with Crippen LogP contribution in [0.15, 0.2) is 0 Å². The Bertz CT molecular complexity index is 150. The van der Waals surface area contributed by atoms with E-state index in [4.69, 9.17) is 11.8 Å². The summed E-state index contributed by atoms with van der Waals surface area (Å²) in [6.45, 7) is 4.36. The lowest BCUT2D eigenvalue weighted by molar-refractivity contribution is 0.605. The van der Waals surface area contributed by atoms with Crippen LogP contribution >= 0.6 is 18.7 Å². The Morgan fingerprint density at radius 2 is 1.29 bits per heavy atom. The van der Waals surface area contributed by atoms with Crippen molar-refractivity contribution in [3.8, 4) is 0 Å². The third kappa shape index (κ3) is 11.0. The quantitative estimate of drug-likeness (QED) is 0.521. The van der Waals surface area contributed by atoms with Crippen LogP contribution in [0.1, 0.15) is 52.4 Å². The topological polar surface area (TPSA) is 20.2 Å². The van der Waals surface area contributed by atoms with E-state index in [1.165, 1.54) is 25.7 Å². The fourth-order valence-corrected chi connectivity index (χ4v) is 3.76. The highest BCUT2D eigenvalue weighted by Crippen LogP contribution is 2.42. The minimum atomic E-state index is -1.92. The van der Waals surface area contributed by atoms with Crippen LogP contribution in [0.2, 0.25) is 0 Å². The average molecular weight is 259 g/mol. The average Bonchev–Trinajstić information content (AvgIpc) is 2.05. The molecule has 0 aliphatic heterocycles. The molecule has 0 radical (unpaired) electrons. The molecule has 0 amide bonds. The summed E-state index contributed by atoms with van der Waals surface area (Å²) < 4.78 is 0. The van der Waals surface area contributed by atoms with Gasteiger partial charge in [0.05, 0.1) is 6.26 Å². The van der Waals surface area contributed by atoms with Crippen molar-refractivity contribution in [2.24, 2.45) is 0 Å². The van der Waals surface area contributed by atoms with Crippen LogP contribution in [-0.4, -0.2) is 17.2 Å². The van der Waals surface area contributed by atoms with E-state index in [0.29, 0.717) is 0 Å². The van der Waals surface area contributed by atoms with Gasteiger partial charge in [-0.1, -0.05) is 51.3 Å². The molecule has 0 aromatic rings. The van der Waals surface area contributed by atoms with Gasteiger partial charge in [-0.05, 0) is 25.2 Å². The maximum atomic E-state index is 9.89. The predicted octanol–water partition coefficient (Wildman–Crippen LogP) is 4.18. The van der Waals surface area contributed by atoms with Gasteiger partial charge in [0.15, 0.2) is 0 Å². The van der Waals surface area contributed by atoms with Crippen molar-refractivity contribution in [1.82, 2.24) is 0 Å². The first-order chi connectivity index (χ1) is 6.12. The first-order valence-corrected chi connectivity index (χ1v) is 8.55. The van der Waals surface area contributed by atoms with E-state index in [1.807, 2.05) is 0 Å². The van der Waals surface area contributed by atoms with E-state index < -0.39 is 6.26 Å². The van der Waals surface area contributed by atoms with Gasteiger partial charge in [-0.3, -0.25) is 0 Å². The molecule has 0 atom stereocenters. The van der Waals surface area contributed by atoms with Crippen molar-refractivity contribution in [3.63, 3.8) is 0 Å². The van der Waals surface area contributed by atoms with Crippen LogP contribution in [0, 0.1) is 0 Å². The molecule has 0 saturated heterocycles. The lowest BCUT2D eigenvalue weighted by Gasteiger charge is -2.14. The molecular formula is C10H24ClOPS. The Kier molecular flexibility index (Phi) is 12.9. The van der Waals surface area contributed by atoms with Crippen molar-refractivity contribution >= 4 is 30.5 Å². The highest BCUT2D eigenvalue weighted by atomic mass is 35.5. The first kappa shape index (κ1) is 17.3. The molecule has 0 aromatic carbocycles. The van der Waals surface area contributed by atoms with E-state index >= 15 is 0 Å². The summed E-state index contributed by atoms with van der Waals surface area (Å²) in [5, 5.41) is 0. The number of hydrogen-bond acceptors (Lipinski definition) is 1. The molecule has 0 rings (SSSR count). The van der Waals surface area contributed by atoms with Crippen LogP contribution in [0.25, 0.3) is 0 Å². The predicted molar refractivity (Wildman–Crippen MR) is 72.5 cm³/mol. The van der Waals surface area contributed by atoms with Gasteiger partial charge in [0.2, 0.25) is 0 Å². The van der Waals surface area contributed by atoms with Crippen molar-refractivity contribution < 1.29 is 4.89 Å². The van der Waals surface area contributed by atoms with Crippen LogP contribution < -0.4 is 0 Å². The van der Waals surface area contributed by atoms with Gasteiger partial charge in [-0.25, -0.2) is 0 Å². The Labute approximate surface area is 100 Å². The molecule has 0 aliphatic carbocycles. The first-order valence-electron chi connectivity index (χ1n) is 5.43. The largest absolute Gasteiger partial charge is 0.365 e. The molecule has 0 bridgehead atoms. The molecule has 0 aliphatic rings. The van der Waals surface area contributed by atoms with Crippen molar-refractivity contribution in [1.29, 1.82) is 0 Å². The summed E-state index contributed by atoms with van der Waals surface area (Å²) >= 11 is 5.24. The fraction of sp³-hybridized carbons (Fsp3) is 1.00. The van der Waals surface area contributed by atoms with Crippen LogP contribution in [-0.2, 0) is 11.8 Å². The highest BCUT2D eigenvalue weighted by Gasteiger charge is 2.10. The molecule has 0 fully saturated rings. The summed E-state index contributed by atoms with van der Waals surface area (Å²) in [5.41, 5.74) is 0. The molecule has 0 aromatic heterocycles. The summed E-state index contributed by atoms with van der Waals surface area (Å²) in [6.07, 6.45) is 6.98. The summed E-state index contributed by atoms with van der Waals surface area (Å²) in [4.78, 5) is 9.89. The van der Waals surface area contributed by atoms with E-state index in [2.05, 4.69) is 13.8 Å². The van der Waals surface area contributed by atoms with Crippen molar-refractivity contribution in [2.75, 3.05) is 12.3 Å². The van der Waals surface area contributed by atoms with Gasteiger partial charge < -0.3 is 4.89 Å². The number of unbranched alkanes of at least 4 members (excludes halogenated alkanes) is 4. The SMILES string of the molecule is CCCCCP(O)(=S)CCCCC.Cl. The van der Waals surface area contributed by atoms with Gasteiger partial charge >= 0.3 is 0 Å². The van der Waals surface area contributed by atoms with E-state index in [-0.39, 0.29) is 12.4 Å². The van der Waals surface area contributed by atoms with Crippen molar-refractivity contribution in [3.05, 3.63) is 0 Å². The minimum absolute atomic E-state index is 0. The zero-order chi connectivity index (χ0) is 10.2. The standard InChI is InChI=1S/C10H23OPS.ClH/c1-3-5-7-9-12(11,13)10-8-6-4-2;/h3-10H2,1-2H3,(H,11,13);1H. The Balaban J connectivity index is 0. The molecule has 0 heterocycles. The van der Waals surface area contributed by atoms with Gasteiger partial charge in [0, 0.05) is 0 Å². The monoisotopic (exact) mass is 258 g/mol. The molecule has 88 valence electrons. The molecule has 0 spiro atoms. The number of hydrogen-bond donors (Lipinski definition) is 1. The van der Waals surface area contributed by atoms with Gasteiger partial charge in [0.1, 0.15) is 0 Å². The van der Waals surface area contributed by atoms with Gasteiger partial charge in [0.25, 0.3) is 0 Å². The fourth-order valence-electron chi connectivity index (χ4n) is 1.33. The molecule has 1 N–H and O–H groups in total. The van der Waals surface area contributed by atoms with Crippen LogP contribution in [0.4, 0.5) is 0 Å². The van der Waals surface area contributed by atoms with Crippen LogP contribution in [0.5, 0.6) is 0 Å². The third-order valence-corrected chi connectivity index (χ3v) is 5.35. The lowest BCUT2D eigenvalue weighted by atomic mass is 10.3. The lowest BCUT2D eigenvalue weighted by Crippen LogP contribution is -1.94. The van der Waals surface area contributed by atoms with Gasteiger partial charge in [-0.2, -0.15) is 0 Å². The smallest absolute Gasteiger partial charge is 0.0636 e. The Hall–Kier alpha value is 0.900. The second-order valence-corrected chi connectivity index (χ2v) is 8.33. The summed E-state index contributed by atoms with van der Waals surface area (Å²) in [5.74, 6) is 0. The maximum Gasteiger partial charge on any atom is 0.0636 e. The maximum absolute atomic E-state index is 9.89. The second kappa shape index (κ2) is 10.4. The summed E-state index contributed by atoms with van der Waals surface area (Å²) in [6, 6.07) is 0. The van der Waals surface area contributed by atoms with E-state index in [1.54, 1.807) is 0 Å². The normalized spacial score (nSPS) is 11.1. The van der Waals surface area contributed by atoms with E-state index in [9.17, 15) is 4.89 Å². The number of halogens is 1. The zero-order valence-corrected chi connectivity index (χ0v) is 11.9. The Morgan fingerprint density at radius 3 is 1.57 bits per heavy atom. The third-order valence-electron chi connectivity index (χ3n) is 2.22. The van der Waals surface area contributed by atoms with Gasteiger partial charge in [-0.15, -0.1) is 12.4 Å². The molecule has 0 saturated carbocycles.